The molecule has 3 N–H and O–H groups in total. The van der Waals surface area contributed by atoms with Crippen molar-refractivity contribution in [3.63, 3.8) is 0 Å². The van der Waals surface area contributed by atoms with E-state index in [2.05, 4.69) is 38.2 Å². The summed E-state index contributed by atoms with van der Waals surface area (Å²) in [6.45, 7) is 8.33. The Hall–Kier alpha value is -1.35. The van der Waals surface area contributed by atoms with Gasteiger partial charge < -0.3 is 11.1 Å². The first kappa shape index (κ1) is 15.7. The van der Waals surface area contributed by atoms with E-state index in [0.717, 1.165) is 6.42 Å². The van der Waals surface area contributed by atoms with Crippen molar-refractivity contribution in [1.82, 2.24) is 5.32 Å². The van der Waals surface area contributed by atoms with Gasteiger partial charge in [0.15, 0.2) is 0 Å². The molecule has 0 aliphatic heterocycles. The van der Waals surface area contributed by atoms with Crippen molar-refractivity contribution in [3.05, 3.63) is 35.9 Å². The van der Waals surface area contributed by atoms with Gasteiger partial charge in [-0.1, -0.05) is 51.1 Å². The number of aryl methyl sites for hydroxylation is 1. The third-order valence-electron chi connectivity index (χ3n) is 3.58. The van der Waals surface area contributed by atoms with Crippen molar-refractivity contribution in [2.45, 2.75) is 52.6 Å². The van der Waals surface area contributed by atoms with Crippen LogP contribution in [0.4, 0.5) is 0 Å². The Morgan fingerprint density at radius 2 is 1.84 bits per heavy atom. The molecule has 0 saturated heterocycles. The zero-order chi connectivity index (χ0) is 14.5. The third-order valence-corrected chi connectivity index (χ3v) is 3.58. The van der Waals surface area contributed by atoms with Crippen molar-refractivity contribution in [2.75, 3.05) is 0 Å². The Morgan fingerprint density at radius 1 is 1.26 bits per heavy atom. The molecule has 0 spiro atoms. The average molecular weight is 262 g/mol. The summed E-state index contributed by atoms with van der Waals surface area (Å²) < 4.78 is 0. The number of benzene rings is 1. The minimum absolute atomic E-state index is 0.0504. The number of carbonyl (C=O) groups is 1. The molecule has 1 aromatic carbocycles. The Bertz CT molecular complexity index is 395. The molecule has 1 aromatic rings. The van der Waals surface area contributed by atoms with Crippen LogP contribution in [-0.4, -0.2) is 18.0 Å². The Balaban J connectivity index is 2.41. The molecular weight excluding hydrogens is 236 g/mol. The lowest BCUT2D eigenvalue weighted by Crippen LogP contribution is -2.48. The first-order valence-corrected chi connectivity index (χ1v) is 6.90. The van der Waals surface area contributed by atoms with Crippen LogP contribution >= 0.6 is 0 Å². The van der Waals surface area contributed by atoms with E-state index in [1.165, 1.54) is 5.56 Å². The third kappa shape index (κ3) is 5.43. The Labute approximate surface area is 116 Å². The molecule has 19 heavy (non-hydrogen) atoms. The van der Waals surface area contributed by atoms with Crippen LogP contribution in [0.1, 0.15) is 39.7 Å². The van der Waals surface area contributed by atoms with E-state index in [1.54, 1.807) is 0 Å². The number of nitrogens with two attached hydrogens (primary N) is 1. The maximum atomic E-state index is 12.0. The smallest absolute Gasteiger partial charge is 0.237 e. The molecule has 2 atom stereocenters. The molecule has 2 unspecified atom stereocenters. The normalized spacial score (nSPS) is 14.8. The summed E-state index contributed by atoms with van der Waals surface area (Å²) in [7, 11) is 0. The van der Waals surface area contributed by atoms with Crippen LogP contribution in [0.2, 0.25) is 0 Å². The number of hydrogen-bond donors (Lipinski definition) is 2. The van der Waals surface area contributed by atoms with E-state index in [-0.39, 0.29) is 17.4 Å². The van der Waals surface area contributed by atoms with Crippen LogP contribution in [0.15, 0.2) is 30.3 Å². The number of amides is 1. The quantitative estimate of drug-likeness (QED) is 0.856. The summed E-state index contributed by atoms with van der Waals surface area (Å²) in [6.07, 6.45) is 1.51. The molecule has 0 aliphatic carbocycles. The zero-order valence-corrected chi connectivity index (χ0v) is 12.4. The zero-order valence-electron chi connectivity index (χ0n) is 12.4. The van der Waals surface area contributed by atoms with Gasteiger partial charge in [-0.3, -0.25) is 4.79 Å². The monoisotopic (exact) mass is 262 g/mol. The maximum absolute atomic E-state index is 12.0. The standard InChI is InChI=1S/C16H26N2O/c1-12(16(2,3)4)18-15(19)14(17)11-10-13-8-6-5-7-9-13/h5-9,12,14H,10-11,17H2,1-4H3,(H,18,19). The van der Waals surface area contributed by atoms with Crippen molar-refractivity contribution < 1.29 is 4.79 Å². The van der Waals surface area contributed by atoms with Gasteiger partial charge in [-0.15, -0.1) is 0 Å². The minimum Gasteiger partial charge on any atom is -0.352 e. The molecule has 0 bridgehead atoms. The highest BCUT2D eigenvalue weighted by Crippen LogP contribution is 2.18. The van der Waals surface area contributed by atoms with E-state index in [0.29, 0.717) is 6.42 Å². The first-order chi connectivity index (χ1) is 8.80. The molecule has 0 radical (unpaired) electrons. The lowest BCUT2D eigenvalue weighted by Gasteiger charge is -2.29. The number of nitrogens with one attached hydrogen (secondary N) is 1. The van der Waals surface area contributed by atoms with Gasteiger partial charge in [0.1, 0.15) is 0 Å². The molecule has 3 heteroatoms. The summed E-state index contributed by atoms with van der Waals surface area (Å²) in [5.74, 6) is -0.0571. The summed E-state index contributed by atoms with van der Waals surface area (Å²) in [5.41, 5.74) is 7.21. The van der Waals surface area contributed by atoms with Crippen molar-refractivity contribution in [2.24, 2.45) is 11.1 Å². The van der Waals surface area contributed by atoms with Crippen LogP contribution in [0.3, 0.4) is 0 Å². The number of carbonyl (C=O) groups excluding carboxylic acids is 1. The molecule has 106 valence electrons. The predicted octanol–water partition coefficient (Wildman–Crippen LogP) is 2.50. The Kier molecular flexibility index (Phi) is 5.55. The second-order valence-corrected chi connectivity index (χ2v) is 6.23. The van der Waals surface area contributed by atoms with E-state index in [4.69, 9.17) is 5.73 Å². The SMILES string of the molecule is CC(NC(=O)C(N)CCc1ccccc1)C(C)(C)C. The molecule has 1 rings (SSSR count). The van der Waals surface area contributed by atoms with Gasteiger partial charge in [0.05, 0.1) is 6.04 Å². The number of rotatable bonds is 5. The largest absolute Gasteiger partial charge is 0.352 e. The highest BCUT2D eigenvalue weighted by molar-refractivity contribution is 5.81. The first-order valence-electron chi connectivity index (χ1n) is 6.90. The number of hydrogen-bond acceptors (Lipinski definition) is 2. The van der Waals surface area contributed by atoms with Crippen LogP contribution in [0, 0.1) is 5.41 Å². The fourth-order valence-electron chi connectivity index (χ4n) is 1.63. The highest BCUT2D eigenvalue weighted by Gasteiger charge is 2.23. The van der Waals surface area contributed by atoms with Crippen LogP contribution in [-0.2, 0) is 11.2 Å². The van der Waals surface area contributed by atoms with Gasteiger partial charge in [-0.05, 0) is 30.7 Å². The molecule has 0 saturated carbocycles. The van der Waals surface area contributed by atoms with Crippen LogP contribution in [0.25, 0.3) is 0 Å². The second-order valence-electron chi connectivity index (χ2n) is 6.23. The molecule has 0 aliphatic rings. The molecule has 0 heterocycles. The summed E-state index contributed by atoms with van der Waals surface area (Å²) in [6, 6.07) is 9.78. The molecule has 3 nitrogen and oxygen atoms in total. The van der Waals surface area contributed by atoms with Crippen molar-refractivity contribution in [1.29, 1.82) is 0 Å². The summed E-state index contributed by atoms with van der Waals surface area (Å²) in [5, 5.41) is 2.99. The molecular formula is C16H26N2O. The summed E-state index contributed by atoms with van der Waals surface area (Å²) in [4.78, 5) is 12.0. The van der Waals surface area contributed by atoms with Gasteiger partial charge in [-0.25, -0.2) is 0 Å². The van der Waals surface area contributed by atoms with Crippen LogP contribution < -0.4 is 11.1 Å². The predicted molar refractivity (Wildman–Crippen MR) is 79.8 cm³/mol. The van der Waals surface area contributed by atoms with Gasteiger partial charge in [0.2, 0.25) is 5.91 Å². The van der Waals surface area contributed by atoms with Gasteiger partial charge in [0, 0.05) is 6.04 Å². The maximum Gasteiger partial charge on any atom is 0.237 e. The van der Waals surface area contributed by atoms with E-state index in [9.17, 15) is 4.79 Å². The Morgan fingerprint density at radius 3 is 2.37 bits per heavy atom. The average Bonchev–Trinajstić information content (AvgIpc) is 2.35. The lowest BCUT2D eigenvalue weighted by molar-refractivity contribution is -0.123. The second kappa shape index (κ2) is 6.71. The molecule has 0 fully saturated rings. The molecule has 1 amide bonds. The van der Waals surface area contributed by atoms with Gasteiger partial charge in [0.25, 0.3) is 0 Å². The van der Waals surface area contributed by atoms with Crippen molar-refractivity contribution >= 4 is 5.91 Å². The fourth-order valence-corrected chi connectivity index (χ4v) is 1.63. The van der Waals surface area contributed by atoms with E-state index < -0.39 is 6.04 Å². The minimum atomic E-state index is -0.440. The van der Waals surface area contributed by atoms with E-state index >= 15 is 0 Å². The topological polar surface area (TPSA) is 55.1 Å². The highest BCUT2D eigenvalue weighted by atomic mass is 16.2. The van der Waals surface area contributed by atoms with Crippen molar-refractivity contribution in [3.8, 4) is 0 Å². The summed E-state index contributed by atoms with van der Waals surface area (Å²) >= 11 is 0. The lowest BCUT2D eigenvalue weighted by atomic mass is 9.88. The van der Waals surface area contributed by atoms with Gasteiger partial charge >= 0.3 is 0 Å². The molecule has 0 aromatic heterocycles. The van der Waals surface area contributed by atoms with Crippen LogP contribution in [0.5, 0.6) is 0 Å². The van der Waals surface area contributed by atoms with E-state index in [1.807, 2.05) is 25.1 Å². The fraction of sp³-hybridized carbons (Fsp3) is 0.562. The van der Waals surface area contributed by atoms with Gasteiger partial charge in [-0.2, -0.15) is 0 Å².